The number of carbonyl (C=O) groups is 3. The summed E-state index contributed by atoms with van der Waals surface area (Å²) in [7, 11) is 4.75. The fourth-order valence-corrected chi connectivity index (χ4v) is 3.03. The Morgan fingerprint density at radius 2 is 1.68 bits per heavy atom. The van der Waals surface area contributed by atoms with Gasteiger partial charge in [-0.3, -0.25) is 14.9 Å². The number of hydrogen-bond donors (Lipinski definition) is 1. The highest BCUT2D eigenvalue weighted by Crippen LogP contribution is 2.29. The Bertz CT molecular complexity index is 756. The van der Waals surface area contributed by atoms with Gasteiger partial charge in [0.25, 0.3) is 0 Å². The number of alkyl halides is 3. The van der Waals surface area contributed by atoms with E-state index in [1.165, 1.54) is 24.6 Å². The monoisotopic (exact) mass is 491 g/mol. The molecule has 0 aliphatic carbocycles. The Balaban J connectivity index is 2.88. The van der Waals surface area contributed by atoms with Gasteiger partial charge < -0.3 is 24.3 Å². The van der Waals surface area contributed by atoms with Crippen molar-refractivity contribution in [3.8, 4) is 0 Å². The number of hydrogen-bond acceptors (Lipinski definition) is 7. The zero-order valence-electron chi connectivity index (χ0n) is 20.7. The molecule has 0 spiro atoms. The van der Waals surface area contributed by atoms with E-state index >= 15 is 0 Å². The molecule has 1 aliphatic rings. The molecule has 1 atom stereocenters. The third-order valence-corrected chi connectivity index (χ3v) is 5.47. The minimum absolute atomic E-state index is 0.0626. The molecule has 0 saturated heterocycles. The van der Waals surface area contributed by atoms with Crippen LogP contribution in [-0.2, 0) is 19.1 Å². The number of carbonyl (C=O) groups excluding carboxylic acids is 3. The highest BCUT2D eigenvalue weighted by molar-refractivity contribution is 5.94. The molecule has 0 aromatic heterocycles. The highest BCUT2D eigenvalue weighted by Gasteiger charge is 2.51. The molecule has 1 unspecified atom stereocenters. The number of esters is 1. The molecule has 1 heterocycles. The molecular formula is C22H36F3N5O4. The first kappa shape index (κ1) is 29.4. The van der Waals surface area contributed by atoms with Gasteiger partial charge in [0, 0.05) is 39.1 Å². The van der Waals surface area contributed by atoms with Crippen molar-refractivity contribution < 1.29 is 32.3 Å². The van der Waals surface area contributed by atoms with Gasteiger partial charge in [-0.2, -0.15) is 13.2 Å². The third-order valence-electron chi connectivity index (χ3n) is 5.47. The second-order valence-corrected chi connectivity index (χ2v) is 8.32. The van der Waals surface area contributed by atoms with E-state index in [1.54, 1.807) is 23.6 Å². The maximum atomic E-state index is 13.1. The summed E-state index contributed by atoms with van der Waals surface area (Å²) < 4.78 is 44.5. The zero-order chi connectivity index (χ0) is 26.1. The number of amides is 2. The normalized spacial score (nSPS) is 15.9. The minimum Gasteiger partial charge on any atom is -0.460 e. The molecule has 0 aromatic rings. The SMILES string of the molecule is CCC(C)OC(=O)C1(N(C)C(=O)C(F)(F)F)C=CN(CNCC(=O)N(CC)CCN(C)C)C=C1. The second kappa shape index (κ2) is 12.7. The van der Waals surface area contributed by atoms with Gasteiger partial charge in [-0.05, 0) is 46.5 Å². The number of nitrogens with zero attached hydrogens (tertiary/aromatic N) is 4. The maximum Gasteiger partial charge on any atom is 0.471 e. The van der Waals surface area contributed by atoms with Crippen LogP contribution in [0.1, 0.15) is 27.2 Å². The summed E-state index contributed by atoms with van der Waals surface area (Å²) >= 11 is 0. The summed E-state index contributed by atoms with van der Waals surface area (Å²) in [5, 5.41) is 2.97. The summed E-state index contributed by atoms with van der Waals surface area (Å²) in [6.07, 6.45) is -0.129. The van der Waals surface area contributed by atoms with E-state index in [4.69, 9.17) is 4.74 Å². The van der Waals surface area contributed by atoms with E-state index in [-0.39, 0.29) is 19.1 Å². The lowest BCUT2D eigenvalue weighted by Gasteiger charge is -2.38. The van der Waals surface area contributed by atoms with Gasteiger partial charge in [0.15, 0.2) is 5.54 Å². The Morgan fingerprint density at radius 3 is 2.15 bits per heavy atom. The van der Waals surface area contributed by atoms with Crippen LogP contribution in [0.5, 0.6) is 0 Å². The van der Waals surface area contributed by atoms with E-state index in [0.29, 0.717) is 24.4 Å². The van der Waals surface area contributed by atoms with Crippen molar-refractivity contribution in [2.45, 2.75) is 45.0 Å². The van der Waals surface area contributed by atoms with Crippen LogP contribution in [-0.4, -0.2) is 109 Å². The van der Waals surface area contributed by atoms with Gasteiger partial charge in [0.2, 0.25) is 5.91 Å². The fourth-order valence-electron chi connectivity index (χ4n) is 3.03. The molecule has 34 heavy (non-hydrogen) atoms. The van der Waals surface area contributed by atoms with Crippen LogP contribution in [0.25, 0.3) is 0 Å². The summed E-state index contributed by atoms with van der Waals surface area (Å²) in [6, 6.07) is 0. The quantitative estimate of drug-likeness (QED) is 0.413. The van der Waals surface area contributed by atoms with Gasteiger partial charge in [-0.15, -0.1) is 0 Å². The molecule has 194 valence electrons. The lowest BCUT2D eigenvalue weighted by atomic mass is 9.95. The van der Waals surface area contributed by atoms with Crippen LogP contribution in [0.3, 0.4) is 0 Å². The van der Waals surface area contributed by atoms with Gasteiger partial charge in [-0.1, -0.05) is 6.92 Å². The number of rotatable bonds is 12. The summed E-state index contributed by atoms with van der Waals surface area (Å²) in [5.41, 5.74) is -2.05. The lowest BCUT2D eigenvalue weighted by Crippen LogP contribution is -2.58. The number of halogens is 3. The first-order valence-electron chi connectivity index (χ1n) is 11.1. The summed E-state index contributed by atoms with van der Waals surface area (Å²) in [4.78, 5) is 42.7. The Hall–Kier alpha value is -2.60. The predicted octanol–water partition coefficient (Wildman–Crippen LogP) is 1.39. The Morgan fingerprint density at radius 1 is 1.09 bits per heavy atom. The van der Waals surface area contributed by atoms with Crippen LogP contribution in [0.15, 0.2) is 24.6 Å². The average Bonchev–Trinajstić information content (AvgIpc) is 2.77. The average molecular weight is 492 g/mol. The molecule has 12 heteroatoms. The Labute approximate surface area is 199 Å². The first-order valence-corrected chi connectivity index (χ1v) is 11.1. The summed E-state index contributed by atoms with van der Waals surface area (Å²) in [6.45, 7) is 7.38. The van der Waals surface area contributed by atoms with E-state index in [2.05, 4.69) is 5.32 Å². The van der Waals surface area contributed by atoms with Crippen LogP contribution in [0, 0.1) is 0 Å². The van der Waals surface area contributed by atoms with Crippen LogP contribution < -0.4 is 5.32 Å². The molecule has 9 nitrogen and oxygen atoms in total. The number of ether oxygens (including phenoxy) is 1. The van der Waals surface area contributed by atoms with E-state index in [0.717, 1.165) is 13.6 Å². The molecule has 0 saturated carbocycles. The van der Waals surface area contributed by atoms with Crippen molar-refractivity contribution in [3.05, 3.63) is 24.6 Å². The van der Waals surface area contributed by atoms with Crippen molar-refractivity contribution in [1.82, 2.24) is 24.9 Å². The van der Waals surface area contributed by atoms with Crippen molar-refractivity contribution in [2.24, 2.45) is 0 Å². The van der Waals surface area contributed by atoms with E-state index in [1.807, 2.05) is 25.9 Å². The molecule has 0 fully saturated rings. The standard InChI is InChI=1S/C22H36F3N5O4/c1-7-17(3)34-20(33)21(28(6)19(32)22(23,24)25)9-11-29(12-10-21)16-26-15-18(31)30(8-2)14-13-27(4)5/h9-12,17,26H,7-8,13-16H2,1-6H3. The molecule has 1 aliphatic heterocycles. The van der Waals surface area contributed by atoms with Gasteiger partial charge in [0.05, 0.1) is 19.3 Å². The molecular weight excluding hydrogens is 455 g/mol. The Kier molecular flexibility index (Phi) is 11.0. The van der Waals surface area contributed by atoms with Crippen LogP contribution in [0.2, 0.25) is 0 Å². The largest absolute Gasteiger partial charge is 0.471 e. The van der Waals surface area contributed by atoms with Crippen LogP contribution >= 0.6 is 0 Å². The van der Waals surface area contributed by atoms with Crippen molar-refractivity contribution in [1.29, 1.82) is 0 Å². The predicted molar refractivity (Wildman–Crippen MR) is 121 cm³/mol. The zero-order valence-corrected chi connectivity index (χ0v) is 20.7. The number of nitrogens with one attached hydrogen (secondary N) is 1. The van der Waals surface area contributed by atoms with Gasteiger partial charge in [-0.25, -0.2) is 4.79 Å². The molecule has 0 radical (unpaired) electrons. The first-order chi connectivity index (χ1) is 15.8. The smallest absolute Gasteiger partial charge is 0.460 e. The third kappa shape index (κ3) is 8.01. The molecule has 1 rings (SSSR count). The molecule has 1 N–H and O–H groups in total. The molecule has 2 amide bonds. The van der Waals surface area contributed by atoms with Gasteiger partial charge in [0.1, 0.15) is 0 Å². The molecule has 0 bridgehead atoms. The van der Waals surface area contributed by atoms with Crippen molar-refractivity contribution in [3.63, 3.8) is 0 Å². The fraction of sp³-hybridized carbons (Fsp3) is 0.682. The molecule has 0 aromatic carbocycles. The van der Waals surface area contributed by atoms with Crippen molar-refractivity contribution >= 4 is 17.8 Å². The van der Waals surface area contributed by atoms with Gasteiger partial charge >= 0.3 is 18.1 Å². The number of likely N-dealkylation sites (N-methyl/N-ethyl adjacent to an activating group) is 3. The lowest BCUT2D eigenvalue weighted by molar-refractivity contribution is -0.190. The van der Waals surface area contributed by atoms with Crippen molar-refractivity contribution in [2.75, 3.05) is 54.0 Å². The minimum atomic E-state index is -5.16. The van der Waals surface area contributed by atoms with E-state index in [9.17, 15) is 27.6 Å². The highest BCUT2D eigenvalue weighted by atomic mass is 19.4. The summed E-state index contributed by atoms with van der Waals surface area (Å²) in [5.74, 6) is -3.24. The maximum absolute atomic E-state index is 13.1. The second-order valence-electron chi connectivity index (χ2n) is 8.32. The van der Waals surface area contributed by atoms with E-state index < -0.39 is 29.7 Å². The van der Waals surface area contributed by atoms with Crippen LogP contribution in [0.4, 0.5) is 13.2 Å². The topological polar surface area (TPSA) is 85.4 Å².